The van der Waals surface area contributed by atoms with Crippen LogP contribution in [0.2, 0.25) is 0 Å². The molecule has 1 aromatic rings. The zero-order valence-electron chi connectivity index (χ0n) is 9.46. The van der Waals surface area contributed by atoms with Crippen LogP contribution in [-0.4, -0.2) is 27.0 Å². The van der Waals surface area contributed by atoms with E-state index in [-0.39, 0.29) is 11.6 Å². The number of sulfone groups is 1. The molecule has 0 aliphatic heterocycles. The van der Waals surface area contributed by atoms with Crippen LogP contribution >= 0.6 is 0 Å². The number of hydrogen-bond donors (Lipinski definition) is 1. The maximum Gasteiger partial charge on any atom is 0.148 e. The molecule has 90 valence electrons. The van der Waals surface area contributed by atoms with Crippen LogP contribution in [0, 0.1) is 12.7 Å². The highest BCUT2D eigenvalue weighted by Crippen LogP contribution is 2.08. The van der Waals surface area contributed by atoms with Crippen LogP contribution in [0.25, 0.3) is 0 Å². The van der Waals surface area contributed by atoms with E-state index in [1.807, 2.05) is 0 Å². The number of aryl methyl sites for hydroxylation is 1. The van der Waals surface area contributed by atoms with Gasteiger partial charge in [-0.2, -0.15) is 0 Å². The Labute approximate surface area is 95.6 Å². The maximum atomic E-state index is 12.9. The Morgan fingerprint density at radius 2 is 2.06 bits per heavy atom. The molecule has 0 saturated carbocycles. The van der Waals surface area contributed by atoms with Gasteiger partial charge in [0, 0.05) is 19.3 Å². The average Bonchev–Trinajstić information content (AvgIpc) is 2.17. The minimum Gasteiger partial charge on any atom is -0.312 e. The molecule has 1 N–H and O–H groups in total. The van der Waals surface area contributed by atoms with Crippen LogP contribution in [0.5, 0.6) is 0 Å². The third-order valence-electron chi connectivity index (χ3n) is 2.20. The van der Waals surface area contributed by atoms with Crippen molar-refractivity contribution in [2.24, 2.45) is 0 Å². The van der Waals surface area contributed by atoms with Crippen LogP contribution < -0.4 is 5.32 Å². The highest BCUT2D eigenvalue weighted by atomic mass is 32.2. The van der Waals surface area contributed by atoms with Gasteiger partial charge in [-0.3, -0.25) is 0 Å². The van der Waals surface area contributed by atoms with Gasteiger partial charge in [0.1, 0.15) is 15.7 Å². The van der Waals surface area contributed by atoms with Crippen molar-refractivity contribution in [3.63, 3.8) is 0 Å². The van der Waals surface area contributed by atoms with Gasteiger partial charge in [0.15, 0.2) is 0 Å². The fourth-order valence-corrected chi connectivity index (χ4v) is 1.82. The lowest BCUT2D eigenvalue weighted by Gasteiger charge is -2.05. The lowest BCUT2D eigenvalue weighted by molar-refractivity contribution is 0.596. The van der Waals surface area contributed by atoms with Crippen LogP contribution in [-0.2, 0) is 16.4 Å². The molecule has 0 atom stereocenters. The molecule has 3 nitrogen and oxygen atoms in total. The van der Waals surface area contributed by atoms with Crippen molar-refractivity contribution in [2.45, 2.75) is 13.5 Å². The topological polar surface area (TPSA) is 46.2 Å². The Morgan fingerprint density at radius 1 is 1.38 bits per heavy atom. The van der Waals surface area contributed by atoms with Crippen molar-refractivity contribution in [3.8, 4) is 0 Å². The van der Waals surface area contributed by atoms with E-state index in [0.29, 0.717) is 18.7 Å². The first-order chi connectivity index (χ1) is 7.38. The molecule has 0 spiro atoms. The van der Waals surface area contributed by atoms with Gasteiger partial charge in [0.2, 0.25) is 0 Å². The highest BCUT2D eigenvalue weighted by Gasteiger charge is 2.02. The minimum absolute atomic E-state index is 0.118. The van der Waals surface area contributed by atoms with Crippen molar-refractivity contribution in [3.05, 3.63) is 35.1 Å². The third kappa shape index (κ3) is 4.72. The summed E-state index contributed by atoms with van der Waals surface area (Å²) in [6, 6.07) is 4.86. The smallest absolute Gasteiger partial charge is 0.148 e. The molecule has 0 bridgehead atoms. The van der Waals surface area contributed by atoms with Gasteiger partial charge in [-0.1, -0.05) is 12.1 Å². The normalized spacial score (nSPS) is 11.7. The molecule has 0 aliphatic carbocycles. The molecule has 0 fully saturated rings. The van der Waals surface area contributed by atoms with E-state index in [9.17, 15) is 12.8 Å². The van der Waals surface area contributed by atoms with Gasteiger partial charge in [-0.15, -0.1) is 0 Å². The summed E-state index contributed by atoms with van der Waals surface area (Å²) in [6.45, 7) is 2.67. The molecule has 16 heavy (non-hydrogen) atoms. The van der Waals surface area contributed by atoms with Gasteiger partial charge in [0.25, 0.3) is 0 Å². The summed E-state index contributed by atoms with van der Waals surface area (Å²) in [7, 11) is -2.92. The number of hydrogen-bond acceptors (Lipinski definition) is 3. The number of nitrogens with one attached hydrogen (secondary N) is 1. The van der Waals surface area contributed by atoms with Crippen LogP contribution in [0.4, 0.5) is 4.39 Å². The summed E-state index contributed by atoms with van der Waals surface area (Å²) in [4.78, 5) is 0. The van der Waals surface area contributed by atoms with Crippen LogP contribution in [0.3, 0.4) is 0 Å². The van der Waals surface area contributed by atoms with Crippen molar-refractivity contribution < 1.29 is 12.8 Å². The average molecular weight is 245 g/mol. The first-order valence-electron chi connectivity index (χ1n) is 5.02. The largest absolute Gasteiger partial charge is 0.312 e. The fraction of sp³-hybridized carbons (Fsp3) is 0.455. The number of rotatable bonds is 5. The van der Waals surface area contributed by atoms with Crippen molar-refractivity contribution >= 4 is 9.84 Å². The molecule has 0 aromatic heterocycles. The van der Waals surface area contributed by atoms with Gasteiger partial charge in [0.05, 0.1) is 5.75 Å². The van der Waals surface area contributed by atoms with Gasteiger partial charge in [-0.05, 0) is 24.1 Å². The molecular formula is C11H16FNO2S. The summed E-state index contributed by atoms with van der Waals surface area (Å²) < 4.78 is 34.6. The summed E-state index contributed by atoms with van der Waals surface area (Å²) in [5.41, 5.74) is 1.55. The number of benzene rings is 1. The molecule has 0 unspecified atom stereocenters. The van der Waals surface area contributed by atoms with Gasteiger partial charge < -0.3 is 5.32 Å². The zero-order valence-corrected chi connectivity index (χ0v) is 10.3. The molecule has 0 radical (unpaired) electrons. The minimum atomic E-state index is -2.92. The maximum absolute atomic E-state index is 12.9. The zero-order chi connectivity index (χ0) is 12.2. The summed E-state index contributed by atoms with van der Waals surface area (Å²) in [6.07, 6.45) is 1.21. The quantitative estimate of drug-likeness (QED) is 0.795. The summed E-state index contributed by atoms with van der Waals surface area (Å²) in [5, 5.41) is 3.00. The van der Waals surface area contributed by atoms with Crippen molar-refractivity contribution in [2.75, 3.05) is 18.6 Å². The molecule has 1 rings (SSSR count). The Kier molecular flexibility index (Phi) is 4.44. The standard InChI is InChI=1S/C11H16FNO2S/c1-9-7-10(3-4-11(9)12)8-13-5-6-16(2,14)15/h3-4,7,13H,5-6,8H2,1-2H3. The predicted molar refractivity (Wildman–Crippen MR) is 62.6 cm³/mol. The van der Waals surface area contributed by atoms with E-state index < -0.39 is 9.84 Å². The first kappa shape index (κ1) is 13.1. The van der Waals surface area contributed by atoms with Gasteiger partial charge >= 0.3 is 0 Å². The Bertz CT molecular complexity index is 457. The lowest BCUT2D eigenvalue weighted by Crippen LogP contribution is -2.21. The molecule has 0 amide bonds. The molecule has 1 aromatic carbocycles. The Morgan fingerprint density at radius 3 is 2.62 bits per heavy atom. The molecule has 0 saturated heterocycles. The van der Waals surface area contributed by atoms with Crippen LogP contribution in [0.15, 0.2) is 18.2 Å². The molecular weight excluding hydrogens is 229 g/mol. The molecule has 0 heterocycles. The summed E-state index contributed by atoms with van der Waals surface area (Å²) in [5.74, 6) is -0.104. The Hall–Kier alpha value is -0.940. The van der Waals surface area contributed by atoms with E-state index in [1.165, 1.54) is 12.3 Å². The number of halogens is 1. The van der Waals surface area contributed by atoms with E-state index in [4.69, 9.17) is 0 Å². The monoisotopic (exact) mass is 245 g/mol. The van der Waals surface area contributed by atoms with Gasteiger partial charge in [-0.25, -0.2) is 12.8 Å². The molecule has 0 aliphatic rings. The fourth-order valence-electron chi connectivity index (χ4n) is 1.31. The second-order valence-corrected chi connectivity index (χ2v) is 6.15. The second-order valence-electron chi connectivity index (χ2n) is 3.89. The Balaban J connectivity index is 2.41. The first-order valence-corrected chi connectivity index (χ1v) is 7.08. The van der Waals surface area contributed by atoms with Crippen LogP contribution in [0.1, 0.15) is 11.1 Å². The third-order valence-corrected chi connectivity index (χ3v) is 3.15. The van der Waals surface area contributed by atoms with Crippen molar-refractivity contribution in [1.82, 2.24) is 5.32 Å². The van der Waals surface area contributed by atoms with E-state index >= 15 is 0 Å². The SMILES string of the molecule is Cc1cc(CNCCS(C)(=O)=O)ccc1F. The van der Waals surface area contributed by atoms with E-state index in [2.05, 4.69) is 5.32 Å². The highest BCUT2D eigenvalue weighted by molar-refractivity contribution is 7.90. The lowest BCUT2D eigenvalue weighted by atomic mass is 10.1. The van der Waals surface area contributed by atoms with E-state index in [0.717, 1.165) is 5.56 Å². The van der Waals surface area contributed by atoms with Crippen molar-refractivity contribution in [1.29, 1.82) is 0 Å². The van der Waals surface area contributed by atoms with E-state index in [1.54, 1.807) is 19.1 Å². The molecule has 5 heteroatoms. The summed E-state index contributed by atoms with van der Waals surface area (Å²) >= 11 is 0. The predicted octanol–water partition coefficient (Wildman–Crippen LogP) is 1.27. The second kappa shape index (κ2) is 5.41.